The van der Waals surface area contributed by atoms with Gasteiger partial charge in [-0.25, -0.2) is 0 Å². The van der Waals surface area contributed by atoms with Gasteiger partial charge in [-0.15, -0.1) is 0 Å². The van der Waals surface area contributed by atoms with Crippen molar-refractivity contribution >= 4 is 47.7 Å². The van der Waals surface area contributed by atoms with E-state index in [1.165, 1.54) is 25.7 Å². The van der Waals surface area contributed by atoms with Crippen LogP contribution < -0.4 is 0 Å². The van der Waals surface area contributed by atoms with Crippen LogP contribution in [0, 0.1) is 0 Å². The van der Waals surface area contributed by atoms with E-state index in [1.807, 2.05) is 0 Å². The van der Waals surface area contributed by atoms with E-state index in [-0.39, 0.29) is 12.4 Å². The first-order valence-corrected chi connectivity index (χ1v) is 19.0. The molecule has 2 nitrogen and oxygen atoms in total. The molecule has 0 radical (unpaired) electrons. The number of carbonyl (C=O) groups excluding carboxylic acids is 1. The average molecular weight is 410 g/mol. The van der Waals surface area contributed by atoms with Gasteiger partial charge in [0, 0.05) is 0 Å². The molecule has 6 heteroatoms. The van der Waals surface area contributed by atoms with Gasteiger partial charge in [0.15, 0.2) is 0 Å². The van der Waals surface area contributed by atoms with E-state index in [9.17, 15) is 4.79 Å². The van der Waals surface area contributed by atoms with Crippen LogP contribution in [-0.2, 0) is 9.53 Å². The molecule has 0 saturated heterocycles. The van der Waals surface area contributed by atoms with E-state index in [0.717, 1.165) is 12.8 Å². The van der Waals surface area contributed by atoms with Crippen molar-refractivity contribution in [3.8, 4) is 0 Å². The van der Waals surface area contributed by atoms with Crippen LogP contribution in [0.4, 0.5) is 0 Å². The van der Waals surface area contributed by atoms with Crippen LogP contribution in [0.15, 0.2) is 0 Å². The number of rotatable bonds is 10. The summed E-state index contributed by atoms with van der Waals surface area (Å²) in [5.74, 6) is -0.235. The molecule has 0 spiro atoms. The van der Waals surface area contributed by atoms with Crippen molar-refractivity contribution < 1.29 is 9.53 Å². The standard InChI is InChI=1S/C11H21O2.3ClH.Sn/c1-3-5-6-7-8-9-10-13-11(12)4-2;;;;/h2-10H2,1H3;3*1H;/q;;;;+3/p-3. The number of halogens is 3. The molecule has 0 unspecified atom stereocenters. The monoisotopic (exact) mass is 410 g/mol. The van der Waals surface area contributed by atoms with Gasteiger partial charge in [-0.3, -0.25) is 0 Å². The third-order valence-electron chi connectivity index (χ3n) is 2.37. The first kappa shape index (κ1) is 18.1. The number of esters is 1. The van der Waals surface area contributed by atoms with E-state index >= 15 is 0 Å². The second-order valence-electron chi connectivity index (χ2n) is 4.10. The van der Waals surface area contributed by atoms with Crippen LogP contribution in [0.2, 0.25) is 4.44 Å². The summed E-state index contributed by atoms with van der Waals surface area (Å²) in [6.07, 6.45) is 7.34. The molecule has 0 aliphatic rings. The number of carbonyl (C=O) groups is 1. The third-order valence-corrected chi connectivity index (χ3v) is 8.51. The van der Waals surface area contributed by atoms with Gasteiger partial charge >= 0.3 is 120 Å². The molecule has 0 aliphatic carbocycles. The molecule has 0 bridgehead atoms. The summed E-state index contributed by atoms with van der Waals surface area (Å²) in [5, 5.41) is 0. The van der Waals surface area contributed by atoms with Gasteiger partial charge < -0.3 is 0 Å². The Labute approximate surface area is 119 Å². The maximum atomic E-state index is 11.3. The normalized spacial score (nSPS) is 11.5. The van der Waals surface area contributed by atoms with Crippen molar-refractivity contribution in [1.82, 2.24) is 0 Å². The Morgan fingerprint density at radius 2 is 1.65 bits per heavy atom. The van der Waals surface area contributed by atoms with Gasteiger partial charge in [-0.2, -0.15) is 0 Å². The Morgan fingerprint density at radius 3 is 2.24 bits per heavy atom. The summed E-state index contributed by atoms with van der Waals surface area (Å²) in [6, 6.07) is 0. The van der Waals surface area contributed by atoms with Gasteiger partial charge in [0.1, 0.15) is 0 Å². The van der Waals surface area contributed by atoms with Gasteiger partial charge in [0.2, 0.25) is 0 Å². The summed E-state index contributed by atoms with van der Waals surface area (Å²) in [4.78, 5) is 11.3. The fourth-order valence-corrected chi connectivity index (χ4v) is 4.68. The third kappa shape index (κ3) is 15.1. The van der Waals surface area contributed by atoms with Crippen LogP contribution in [0.1, 0.15) is 51.9 Å². The maximum absolute atomic E-state index is 11.3. The molecule has 0 aromatic heterocycles. The number of hydrogen-bond donors (Lipinski definition) is 0. The van der Waals surface area contributed by atoms with E-state index in [4.69, 9.17) is 31.5 Å². The van der Waals surface area contributed by atoms with Crippen LogP contribution in [0.5, 0.6) is 0 Å². The molecule has 0 fully saturated rings. The van der Waals surface area contributed by atoms with Gasteiger partial charge in [-0.05, 0) is 0 Å². The van der Waals surface area contributed by atoms with E-state index in [1.54, 1.807) is 0 Å². The molecule has 0 N–H and O–H groups in total. The SMILES string of the molecule is CCCCCCCCOC(=O)C[CH2][Sn]([Cl])([Cl])[Cl]. The predicted octanol–water partition coefficient (Wildman–Crippen LogP) is 4.94. The minimum atomic E-state index is -3.35. The predicted molar refractivity (Wildman–Crippen MR) is 77.1 cm³/mol. The Balaban J connectivity index is 3.28. The summed E-state index contributed by atoms with van der Waals surface area (Å²) >= 11 is -3.35. The van der Waals surface area contributed by atoms with Crippen molar-refractivity contribution in [2.24, 2.45) is 0 Å². The molecule has 0 rings (SSSR count). The number of unbranched alkanes of at least 4 members (excludes halogenated alkanes) is 5. The summed E-state index contributed by atoms with van der Waals surface area (Å²) < 4.78 is 5.47. The zero-order valence-electron chi connectivity index (χ0n) is 10.3. The van der Waals surface area contributed by atoms with Crippen LogP contribution in [0.25, 0.3) is 0 Å². The molecular formula is C11H21Cl3O2Sn. The van der Waals surface area contributed by atoms with Crippen molar-refractivity contribution in [2.45, 2.75) is 56.3 Å². The molecular weight excluding hydrogens is 389 g/mol. The Kier molecular flexibility index (Phi) is 11.7. The molecule has 0 aromatic rings. The van der Waals surface area contributed by atoms with Crippen molar-refractivity contribution in [2.75, 3.05) is 6.61 Å². The topological polar surface area (TPSA) is 26.3 Å². The molecule has 0 aromatic carbocycles. The Hall–Kier alpha value is 1.14. The zero-order chi connectivity index (χ0) is 13.1. The van der Waals surface area contributed by atoms with Gasteiger partial charge in [-0.1, -0.05) is 0 Å². The van der Waals surface area contributed by atoms with E-state index in [0.29, 0.717) is 11.0 Å². The van der Waals surface area contributed by atoms with Gasteiger partial charge in [0.25, 0.3) is 0 Å². The fourth-order valence-electron chi connectivity index (χ4n) is 1.38. The molecule has 0 amide bonds. The quantitative estimate of drug-likeness (QED) is 0.290. The van der Waals surface area contributed by atoms with Crippen LogP contribution >= 0.6 is 26.8 Å². The minimum absolute atomic E-state index is 0.235. The molecule has 0 atom stereocenters. The Bertz CT molecular complexity index is 207. The van der Waals surface area contributed by atoms with Crippen LogP contribution in [0.3, 0.4) is 0 Å². The van der Waals surface area contributed by atoms with Gasteiger partial charge in [0.05, 0.1) is 0 Å². The first-order valence-electron chi connectivity index (χ1n) is 6.18. The molecule has 0 aliphatic heterocycles. The van der Waals surface area contributed by atoms with E-state index in [2.05, 4.69) is 6.92 Å². The molecule has 0 heterocycles. The first-order chi connectivity index (χ1) is 7.95. The molecule has 102 valence electrons. The summed E-state index contributed by atoms with van der Waals surface area (Å²) in [5.41, 5.74) is 0. The van der Waals surface area contributed by atoms with Crippen LogP contribution in [-0.4, -0.2) is 27.6 Å². The second kappa shape index (κ2) is 11.0. The van der Waals surface area contributed by atoms with Crippen molar-refractivity contribution in [3.63, 3.8) is 0 Å². The molecule has 0 saturated carbocycles. The number of ether oxygens (including phenoxy) is 1. The van der Waals surface area contributed by atoms with E-state index < -0.39 is 15.0 Å². The Morgan fingerprint density at radius 1 is 1.06 bits per heavy atom. The average Bonchev–Trinajstić information content (AvgIpc) is 2.24. The second-order valence-corrected chi connectivity index (χ2v) is 25.9. The summed E-state index contributed by atoms with van der Waals surface area (Å²) in [6.45, 7) is 2.69. The number of hydrogen-bond acceptors (Lipinski definition) is 2. The zero-order valence-corrected chi connectivity index (χ0v) is 15.4. The molecule has 17 heavy (non-hydrogen) atoms. The van der Waals surface area contributed by atoms with Crippen molar-refractivity contribution in [3.05, 3.63) is 0 Å². The summed E-state index contributed by atoms with van der Waals surface area (Å²) in [7, 11) is 17.2. The fraction of sp³-hybridized carbons (Fsp3) is 0.909. The van der Waals surface area contributed by atoms with Crippen molar-refractivity contribution in [1.29, 1.82) is 0 Å².